The largest absolute Gasteiger partial charge is 0.490 e. The molecular weight excluding hydrogens is 502 g/mol. The molecule has 0 saturated heterocycles. The average molecular weight is 538 g/mol. The maximum atomic E-state index is 12.4. The molecule has 0 aliphatic carbocycles. The van der Waals surface area contributed by atoms with Gasteiger partial charge >= 0.3 is 12.1 Å². The fourth-order valence-electron chi connectivity index (χ4n) is 3.52. The monoisotopic (exact) mass is 537 g/mol. The van der Waals surface area contributed by atoms with Gasteiger partial charge in [-0.25, -0.2) is 9.59 Å². The molecule has 3 rings (SSSR count). The van der Waals surface area contributed by atoms with Crippen molar-refractivity contribution < 1.29 is 38.0 Å². The fraction of sp³-hybridized carbons (Fsp3) is 0.333. The number of nitrogens with one attached hydrogen (secondary N) is 1. The minimum atomic E-state index is -0.577. The second-order valence-corrected chi connectivity index (χ2v) is 8.53. The molecule has 1 N–H and O–H groups in total. The van der Waals surface area contributed by atoms with Crippen LogP contribution in [0.15, 0.2) is 72.8 Å². The molecule has 3 aromatic rings. The predicted octanol–water partition coefficient (Wildman–Crippen LogP) is 4.85. The third-order valence-corrected chi connectivity index (χ3v) is 5.39. The summed E-state index contributed by atoms with van der Waals surface area (Å²) in [4.78, 5) is 23.7. The Balaban J connectivity index is 1.39. The second-order valence-electron chi connectivity index (χ2n) is 8.53. The van der Waals surface area contributed by atoms with Gasteiger partial charge in [0.1, 0.15) is 37.1 Å². The van der Waals surface area contributed by atoms with Crippen LogP contribution in [0.25, 0.3) is 10.8 Å². The van der Waals surface area contributed by atoms with Crippen molar-refractivity contribution in [3.8, 4) is 17.2 Å². The molecule has 0 bridgehead atoms. The standard InChI is InChI=1S/C30H35NO8/c1-22(2)29(32)38-18-17-35-16-15-34-14-13-31-30(33)39-28-23(3)21-27(25-11-7-8-12-26(25)28)37-20-19-36-24-9-5-4-6-10-24/h4-12,21H,1,13-20H2,2-3H3,(H,31,33). The molecule has 0 aromatic heterocycles. The number of aryl methyl sites for hydroxylation is 1. The molecular formula is C30H35NO8. The van der Waals surface area contributed by atoms with Gasteiger partial charge in [0.15, 0.2) is 0 Å². The number of amides is 1. The molecule has 0 atom stereocenters. The van der Waals surface area contributed by atoms with Crippen LogP contribution in [0.3, 0.4) is 0 Å². The summed E-state index contributed by atoms with van der Waals surface area (Å²) in [7, 11) is 0. The zero-order valence-electron chi connectivity index (χ0n) is 22.4. The minimum Gasteiger partial charge on any atom is -0.490 e. The molecule has 0 aliphatic heterocycles. The van der Waals surface area contributed by atoms with Crippen LogP contribution in [0.5, 0.6) is 17.2 Å². The topological polar surface area (TPSA) is 102 Å². The first-order valence-corrected chi connectivity index (χ1v) is 12.7. The number of esters is 1. The van der Waals surface area contributed by atoms with E-state index in [9.17, 15) is 9.59 Å². The van der Waals surface area contributed by atoms with Crippen molar-refractivity contribution in [1.29, 1.82) is 0 Å². The summed E-state index contributed by atoms with van der Waals surface area (Å²) < 4.78 is 33.0. The van der Waals surface area contributed by atoms with Gasteiger partial charge in [0.05, 0.1) is 26.4 Å². The average Bonchev–Trinajstić information content (AvgIpc) is 2.94. The van der Waals surface area contributed by atoms with Crippen molar-refractivity contribution in [2.24, 2.45) is 0 Å². The summed E-state index contributed by atoms with van der Waals surface area (Å²) in [5.41, 5.74) is 1.12. The van der Waals surface area contributed by atoms with E-state index in [0.29, 0.717) is 50.1 Å². The van der Waals surface area contributed by atoms with Gasteiger partial charge in [0.2, 0.25) is 0 Å². The second kappa shape index (κ2) is 16.0. The quantitative estimate of drug-likeness (QED) is 0.157. The van der Waals surface area contributed by atoms with E-state index in [1.165, 1.54) is 0 Å². The summed E-state index contributed by atoms with van der Waals surface area (Å²) in [6, 6.07) is 19.0. The van der Waals surface area contributed by atoms with Crippen LogP contribution in [0.1, 0.15) is 12.5 Å². The van der Waals surface area contributed by atoms with Crippen molar-refractivity contribution in [2.45, 2.75) is 13.8 Å². The first-order chi connectivity index (χ1) is 19.0. The molecule has 0 aliphatic rings. The van der Waals surface area contributed by atoms with E-state index in [0.717, 1.165) is 22.1 Å². The number of benzene rings is 3. The summed E-state index contributed by atoms with van der Waals surface area (Å²) in [5.74, 6) is 1.51. The Morgan fingerprint density at radius 3 is 2.18 bits per heavy atom. The van der Waals surface area contributed by atoms with Gasteiger partial charge in [0, 0.05) is 22.9 Å². The number of rotatable bonds is 16. The van der Waals surface area contributed by atoms with Gasteiger partial charge in [-0.05, 0) is 37.6 Å². The maximum absolute atomic E-state index is 12.4. The van der Waals surface area contributed by atoms with Crippen molar-refractivity contribution >= 4 is 22.8 Å². The normalized spacial score (nSPS) is 10.6. The van der Waals surface area contributed by atoms with E-state index in [1.807, 2.05) is 67.6 Å². The van der Waals surface area contributed by atoms with Crippen molar-refractivity contribution in [1.82, 2.24) is 5.32 Å². The number of ether oxygens (including phenoxy) is 6. The van der Waals surface area contributed by atoms with E-state index in [1.54, 1.807) is 6.92 Å². The first kappa shape index (κ1) is 29.5. The molecule has 39 heavy (non-hydrogen) atoms. The van der Waals surface area contributed by atoms with E-state index in [-0.39, 0.29) is 19.8 Å². The SMILES string of the molecule is C=C(C)C(=O)OCCOCCOCCNC(=O)Oc1c(C)cc(OCCOc2ccccc2)c2ccccc12. The molecule has 0 saturated carbocycles. The first-order valence-electron chi connectivity index (χ1n) is 12.7. The zero-order chi connectivity index (χ0) is 27.9. The molecule has 9 nitrogen and oxygen atoms in total. The molecule has 0 radical (unpaired) electrons. The van der Waals surface area contributed by atoms with Gasteiger partial charge in [-0.2, -0.15) is 0 Å². The highest BCUT2D eigenvalue weighted by Crippen LogP contribution is 2.36. The van der Waals surface area contributed by atoms with E-state index in [2.05, 4.69) is 11.9 Å². The van der Waals surface area contributed by atoms with Crippen molar-refractivity contribution in [3.05, 3.63) is 78.4 Å². The molecule has 9 heteroatoms. The van der Waals surface area contributed by atoms with Crippen molar-refractivity contribution in [3.63, 3.8) is 0 Å². The third-order valence-electron chi connectivity index (χ3n) is 5.39. The summed E-state index contributed by atoms with van der Waals surface area (Å²) in [6.07, 6.45) is -0.577. The molecule has 0 spiro atoms. The Morgan fingerprint density at radius 1 is 0.795 bits per heavy atom. The maximum Gasteiger partial charge on any atom is 0.412 e. The molecule has 208 valence electrons. The number of hydrogen-bond donors (Lipinski definition) is 1. The van der Waals surface area contributed by atoms with Crippen LogP contribution in [-0.2, 0) is 19.0 Å². The lowest BCUT2D eigenvalue weighted by Gasteiger charge is -2.16. The number of para-hydroxylation sites is 1. The Kier molecular flexibility index (Phi) is 12.1. The molecule has 1 amide bonds. The van der Waals surface area contributed by atoms with Crippen LogP contribution in [-0.4, -0.2) is 64.9 Å². The molecule has 3 aromatic carbocycles. The lowest BCUT2D eigenvalue weighted by Crippen LogP contribution is -2.30. The fourth-order valence-corrected chi connectivity index (χ4v) is 3.52. The van der Waals surface area contributed by atoms with E-state index >= 15 is 0 Å². The summed E-state index contributed by atoms with van der Waals surface area (Å²) >= 11 is 0. The smallest absolute Gasteiger partial charge is 0.412 e. The van der Waals surface area contributed by atoms with Gasteiger partial charge in [-0.1, -0.05) is 49.0 Å². The lowest BCUT2D eigenvalue weighted by atomic mass is 10.0. The molecule has 0 heterocycles. The Labute approximate surface area is 228 Å². The zero-order valence-corrected chi connectivity index (χ0v) is 22.4. The van der Waals surface area contributed by atoms with Crippen LogP contribution in [0.2, 0.25) is 0 Å². The van der Waals surface area contributed by atoms with Gasteiger partial charge < -0.3 is 33.7 Å². The number of carbonyl (C=O) groups excluding carboxylic acids is 2. The van der Waals surface area contributed by atoms with Crippen LogP contribution >= 0.6 is 0 Å². The summed E-state index contributed by atoms with van der Waals surface area (Å²) in [5, 5.41) is 4.30. The van der Waals surface area contributed by atoms with Crippen molar-refractivity contribution in [2.75, 3.05) is 52.8 Å². The Bertz CT molecular complexity index is 1230. The van der Waals surface area contributed by atoms with Gasteiger partial charge in [0.25, 0.3) is 0 Å². The Hall–Kier alpha value is -4.08. The van der Waals surface area contributed by atoms with E-state index < -0.39 is 12.1 Å². The number of fused-ring (bicyclic) bond motifs is 1. The van der Waals surface area contributed by atoms with Crippen LogP contribution in [0, 0.1) is 6.92 Å². The molecule has 0 fully saturated rings. The minimum absolute atomic E-state index is 0.156. The van der Waals surface area contributed by atoms with Crippen LogP contribution in [0.4, 0.5) is 4.79 Å². The third kappa shape index (κ3) is 9.96. The molecule has 0 unspecified atom stereocenters. The Morgan fingerprint density at radius 2 is 1.44 bits per heavy atom. The highest BCUT2D eigenvalue weighted by molar-refractivity contribution is 5.96. The number of carbonyl (C=O) groups is 2. The van der Waals surface area contributed by atoms with Crippen LogP contribution < -0.4 is 19.5 Å². The predicted molar refractivity (Wildman–Crippen MR) is 148 cm³/mol. The van der Waals surface area contributed by atoms with E-state index in [4.69, 9.17) is 28.4 Å². The summed E-state index contributed by atoms with van der Waals surface area (Å²) in [6.45, 7) is 9.39. The highest BCUT2D eigenvalue weighted by atomic mass is 16.6. The van der Waals surface area contributed by atoms with Gasteiger partial charge in [-0.3, -0.25) is 0 Å². The lowest BCUT2D eigenvalue weighted by molar-refractivity contribution is -0.140. The number of hydrogen-bond acceptors (Lipinski definition) is 8. The highest BCUT2D eigenvalue weighted by Gasteiger charge is 2.15. The van der Waals surface area contributed by atoms with Gasteiger partial charge in [-0.15, -0.1) is 0 Å².